The molecule has 3 aliphatic rings. The van der Waals surface area contributed by atoms with Crippen LogP contribution in [0.1, 0.15) is 68.2 Å². The smallest absolute Gasteiger partial charge is 0.370 e. The molecule has 3 atom stereocenters. The van der Waals surface area contributed by atoms with Gasteiger partial charge in [-0.3, -0.25) is 4.55 Å². The van der Waals surface area contributed by atoms with Gasteiger partial charge >= 0.3 is 17.1 Å². The van der Waals surface area contributed by atoms with Crippen molar-refractivity contribution in [1.29, 1.82) is 0 Å². The molecule has 11 heteroatoms. The fraction of sp³-hybridized carbons (Fsp3) is 0.583. The SMILES string of the molecule is CC1(C)O[Si]2(C3=CCC(S(=O)(=O)S(=O)O)=CC3)O[Si](c3ccccc3)(OC1(C)C)C(C)(C)C2(C)C. The molecule has 35 heavy (non-hydrogen) atoms. The summed E-state index contributed by atoms with van der Waals surface area (Å²) in [7, 11) is -13.7. The maximum Gasteiger partial charge on any atom is 0.370 e. The molecule has 0 saturated carbocycles. The van der Waals surface area contributed by atoms with Crippen molar-refractivity contribution in [2.45, 2.75) is 89.5 Å². The quantitative estimate of drug-likeness (QED) is 0.327. The predicted octanol–water partition coefficient (Wildman–Crippen LogP) is 4.67. The summed E-state index contributed by atoms with van der Waals surface area (Å²) >= 11 is 0. The largest absolute Gasteiger partial charge is 0.407 e. The van der Waals surface area contributed by atoms with E-state index in [1.807, 2.05) is 38.1 Å². The van der Waals surface area contributed by atoms with Crippen molar-refractivity contribution in [3.63, 3.8) is 0 Å². The van der Waals surface area contributed by atoms with Gasteiger partial charge in [-0.15, -0.1) is 0 Å². The Hall–Kier alpha value is -0.926. The Labute approximate surface area is 213 Å². The second-order valence-electron chi connectivity index (χ2n) is 11.7. The average Bonchev–Trinajstić information content (AvgIpc) is 2.84. The number of hydrogen-bond donors (Lipinski definition) is 1. The molecule has 2 bridgehead atoms. The molecule has 1 aromatic rings. The van der Waals surface area contributed by atoms with Gasteiger partial charge in [-0.25, -0.2) is 12.6 Å². The molecule has 2 heterocycles. The summed E-state index contributed by atoms with van der Waals surface area (Å²) in [4.78, 5) is -0.0430. The second kappa shape index (κ2) is 8.03. The Balaban J connectivity index is 1.94. The highest BCUT2D eigenvalue weighted by Gasteiger charge is 2.82. The van der Waals surface area contributed by atoms with Gasteiger partial charge < -0.3 is 13.0 Å². The monoisotopic (exact) mass is 556 g/mol. The van der Waals surface area contributed by atoms with Gasteiger partial charge in [0.15, 0.2) is 0 Å². The molecule has 0 amide bonds. The molecule has 3 unspecified atom stereocenters. The van der Waals surface area contributed by atoms with E-state index < -0.39 is 57.4 Å². The van der Waals surface area contributed by atoms with Crippen LogP contribution in [0.15, 0.2) is 52.6 Å². The molecule has 2 saturated heterocycles. The Kier molecular flexibility index (Phi) is 6.23. The van der Waals surface area contributed by atoms with Crippen LogP contribution in [-0.4, -0.2) is 45.5 Å². The molecule has 194 valence electrons. The first-order valence-electron chi connectivity index (χ1n) is 11.8. The molecule has 7 nitrogen and oxygen atoms in total. The van der Waals surface area contributed by atoms with Crippen molar-refractivity contribution in [1.82, 2.24) is 0 Å². The van der Waals surface area contributed by atoms with Crippen LogP contribution >= 0.6 is 0 Å². The molecule has 2 aliphatic heterocycles. The summed E-state index contributed by atoms with van der Waals surface area (Å²) in [5, 5.41) is 1.15. The van der Waals surface area contributed by atoms with Gasteiger partial charge in [-0.2, -0.15) is 0 Å². The molecule has 2 fully saturated rings. The van der Waals surface area contributed by atoms with E-state index in [4.69, 9.17) is 13.0 Å². The lowest BCUT2D eigenvalue weighted by atomic mass is 9.90. The van der Waals surface area contributed by atoms with Gasteiger partial charge in [0.05, 0.1) is 16.1 Å². The van der Waals surface area contributed by atoms with Gasteiger partial charge in [0.1, 0.15) is 0 Å². The fourth-order valence-corrected chi connectivity index (χ4v) is 20.3. The minimum Gasteiger partial charge on any atom is -0.407 e. The van der Waals surface area contributed by atoms with Crippen LogP contribution in [0.25, 0.3) is 0 Å². The zero-order chi connectivity index (χ0) is 26.3. The normalized spacial score (nSPS) is 33.9. The third-order valence-electron chi connectivity index (χ3n) is 8.93. The van der Waals surface area contributed by atoms with Crippen LogP contribution in [-0.2, 0) is 31.9 Å². The third kappa shape index (κ3) is 3.53. The van der Waals surface area contributed by atoms with Crippen LogP contribution in [0.3, 0.4) is 0 Å². The van der Waals surface area contributed by atoms with Crippen LogP contribution in [0.2, 0.25) is 10.1 Å². The minimum atomic E-state index is -4.26. The first kappa shape index (κ1) is 27.1. The number of rotatable bonds is 4. The van der Waals surface area contributed by atoms with E-state index in [0.717, 1.165) is 10.4 Å². The van der Waals surface area contributed by atoms with Crippen LogP contribution in [0.4, 0.5) is 0 Å². The van der Waals surface area contributed by atoms with Crippen LogP contribution in [0, 0.1) is 0 Å². The number of hydrogen-bond acceptors (Lipinski definition) is 6. The maximum absolute atomic E-state index is 12.3. The van der Waals surface area contributed by atoms with E-state index in [0.29, 0.717) is 0 Å². The van der Waals surface area contributed by atoms with Crippen LogP contribution in [0.5, 0.6) is 0 Å². The highest BCUT2D eigenvalue weighted by molar-refractivity contribution is 8.63. The summed E-state index contributed by atoms with van der Waals surface area (Å²) in [6.45, 7) is 17.0. The van der Waals surface area contributed by atoms with Gasteiger partial charge in [0.2, 0.25) is 0 Å². The van der Waals surface area contributed by atoms with E-state index in [1.54, 1.807) is 6.08 Å². The molecule has 1 N–H and O–H groups in total. The summed E-state index contributed by atoms with van der Waals surface area (Å²) < 4.78 is 67.1. The standard InChI is InChI=1S/C24H36O7S2Si2/c1-21(2)22(3,4)30-35(20-16-14-18(15-17-20)33(27,28)32(25)26)24(7,8)23(5,6)34(29-21,31-35)19-12-10-9-11-13-19/h9-14,17H,15-16H2,1-8H3,(H,25,26). The number of allylic oxidation sites excluding steroid dienone is 4. The van der Waals surface area contributed by atoms with Crippen molar-refractivity contribution in [2.75, 3.05) is 0 Å². The van der Waals surface area contributed by atoms with E-state index in [2.05, 4.69) is 53.7 Å². The summed E-state index contributed by atoms with van der Waals surface area (Å²) in [6, 6.07) is 10.2. The third-order valence-corrected chi connectivity index (χ3v) is 23.1. The van der Waals surface area contributed by atoms with Gasteiger partial charge in [0.25, 0.3) is 19.0 Å². The highest BCUT2D eigenvalue weighted by Crippen LogP contribution is 2.73. The Morgan fingerprint density at radius 2 is 1.34 bits per heavy atom. The Morgan fingerprint density at radius 1 is 0.829 bits per heavy atom. The molecular weight excluding hydrogens is 521 g/mol. The highest BCUT2D eigenvalue weighted by atomic mass is 33.2. The molecule has 0 radical (unpaired) electrons. The minimum absolute atomic E-state index is 0.0342. The lowest BCUT2D eigenvalue weighted by Gasteiger charge is -2.54. The molecule has 0 aromatic heterocycles. The molecule has 4 rings (SSSR count). The number of benzene rings is 1. The molecular formula is C24H36O7S2Si2. The van der Waals surface area contributed by atoms with Gasteiger partial charge in [0, 0.05) is 16.5 Å². The summed E-state index contributed by atoms with van der Waals surface area (Å²) in [5.41, 5.74) is -1.36. The maximum atomic E-state index is 12.3. The average molecular weight is 557 g/mol. The molecule has 1 aliphatic carbocycles. The lowest BCUT2D eigenvalue weighted by Crippen LogP contribution is -2.65. The van der Waals surface area contributed by atoms with Crippen molar-refractivity contribution >= 4 is 41.3 Å². The van der Waals surface area contributed by atoms with E-state index in [9.17, 15) is 17.2 Å². The molecule has 1 aromatic carbocycles. The summed E-state index contributed by atoms with van der Waals surface area (Å²) in [6.07, 6.45) is 3.72. The predicted molar refractivity (Wildman–Crippen MR) is 142 cm³/mol. The van der Waals surface area contributed by atoms with Crippen molar-refractivity contribution < 1.29 is 30.1 Å². The van der Waals surface area contributed by atoms with E-state index >= 15 is 0 Å². The van der Waals surface area contributed by atoms with Gasteiger partial charge in [-0.1, -0.05) is 70.2 Å². The first-order valence-corrected chi connectivity index (χ1v) is 18.5. The van der Waals surface area contributed by atoms with E-state index in [-0.39, 0.29) is 17.7 Å². The number of fused-ring (bicyclic) bond motifs is 2. The first-order chi connectivity index (χ1) is 15.9. The summed E-state index contributed by atoms with van der Waals surface area (Å²) in [5.74, 6) is 0. The van der Waals surface area contributed by atoms with Crippen molar-refractivity contribution in [3.8, 4) is 0 Å². The zero-order valence-corrected chi connectivity index (χ0v) is 25.3. The van der Waals surface area contributed by atoms with Gasteiger partial charge in [-0.05, 0) is 44.5 Å². The van der Waals surface area contributed by atoms with E-state index in [1.165, 1.54) is 0 Å². The second-order valence-corrected chi connectivity index (χ2v) is 23.1. The topological polar surface area (TPSA) is 99.1 Å². The van der Waals surface area contributed by atoms with Crippen molar-refractivity contribution in [3.05, 3.63) is 52.6 Å². The zero-order valence-electron chi connectivity index (χ0n) is 21.7. The van der Waals surface area contributed by atoms with Crippen molar-refractivity contribution in [2.24, 2.45) is 0 Å². The Bertz CT molecular complexity index is 1240. The fourth-order valence-electron chi connectivity index (χ4n) is 5.39. The van der Waals surface area contributed by atoms with Crippen LogP contribution < -0.4 is 5.19 Å². The molecule has 0 spiro atoms. The Morgan fingerprint density at radius 3 is 1.83 bits per heavy atom. The lowest BCUT2D eigenvalue weighted by molar-refractivity contribution is -0.0877.